The fourth-order valence-electron chi connectivity index (χ4n) is 3.52. The van der Waals surface area contributed by atoms with Crippen molar-refractivity contribution >= 4 is 39.2 Å². The number of nitrogens with zero attached hydrogens (tertiary/aromatic N) is 3. The van der Waals surface area contributed by atoms with Crippen LogP contribution in [0.25, 0.3) is 20.7 Å². The monoisotopic (exact) mass is 425 g/mol. The SMILES string of the molecule is C=CCn1c(SC(C)C(=O)N2CCCC2)nc2cc(-c3ccccc3)sc2c1=O. The molecule has 0 aliphatic carbocycles. The fourth-order valence-corrected chi connectivity index (χ4v) is 5.57. The molecule has 1 saturated heterocycles. The predicted octanol–water partition coefficient (Wildman–Crippen LogP) is 4.41. The molecule has 1 unspecified atom stereocenters. The molecule has 150 valence electrons. The average Bonchev–Trinajstić information content (AvgIpc) is 3.41. The third-order valence-electron chi connectivity index (χ3n) is 5.02. The van der Waals surface area contributed by atoms with Crippen molar-refractivity contribution in [1.82, 2.24) is 14.5 Å². The van der Waals surface area contributed by atoms with Crippen molar-refractivity contribution in [2.75, 3.05) is 13.1 Å². The van der Waals surface area contributed by atoms with Crippen LogP contribution in [0.1, 0.15) is 19.8 Å². The maximum Gasteiger partial charge on any atom is 0.272 e. The van der Waals surface area contributed by atoms with E-state index in [1.165, 1.54) is 23.1 Å². The topological polar surface area (TPSA) is 55.2 Å². The molecule has 1 aromatic carbocycles. The highest BCUT2D eigenvalue weighted by molar-refractivity contribution is 8.00. The van der Waals surface area contributed by atoms with Crippen LogP contribution in [0.5, 0.6) is 0 Å². The van der Waals surface area contributed by atoms with Gasteiger partial charge in [0.25, 0.3) is 5.56 Å². The lowest BCUT2D eigenvalue weighted by molar-refractivity contribution is -0.129. The summed E-state index contributed by atoms with van der Waals surface area (Å²) in [5, 5.41) is 0.278. The summed E-state index contributed by atoms with van der Waals surface area (Å²) in [5.74, 6) is 0.113. The van der Waals surface area contributed by atoms with Gasteiger partial charge in [0.15, 0.2) is 5.16 Å². The Hall–Kier alpha value is -2.38. The van der Waals surface area contributed by atoms with Crippen molar-refractivity contribution < 1.29 is 4.79 Å². The van der Waals surface area contributed by atoms with E-state index in [4.69, 9.17) is 4.98 Å². The van der Waals surface area contributed by atoms with Gasteiger partial charge in [0.1, 0.15) is 4.70 Å². The molecule has 1 aliphatic rings. The molecular formula is C22H23N3O2S2. The maximum absolute atomic E-state index is 13.2. The van der Waals surface area contributed by atoms with E-state index < -0.39 is 0 Å². The number of hydrogen-bond donors (Lipinski definition) is 0. The van der Waals surface area contributed by atoms with Gasteiger partial charge >= 0.3 is 0 Å². The Bertz CT molecular complexity index is 1100. The number of amides is 1. The van der Waals surface area contributed by atoms with Gasteiger partial charge in [-0.2, -0.15) is 0 Å². The van der Waals surface area contributed by atoms with Gasteiger partial charge in [0.05, 0.1) is 10.8 Å². The van der Waals surface area contributed by atoms with E-state index in [1.54, 1.807) is 10.6 Å². The van der Waals surface area contributed by atoms with Gasteiger partial charge in [-0.3, -0.25) is 14.2 Å². The number of thiophene rings is 1. The normalized spacial score (nSPS) is 15.0. The van der Waals surface area contributed by atoms with Gasteiger partial charge in [0.2, 0.25) is 5.91 Å². The second-order valence-corrected chi connectivity index (χ2v) is 9.44. The van der Waals surface area contributed by atoms with Crippen molar-refractivity contribution in [3.05, 3.63) is 59.4 Å². The quantitative estimate of drug-likeness (QED) is 0.333. The van der Waals surface area contributed by atoms with Gasteiger partial charge in [-0.05, 0) is 31.4 Å². The summed E-state index contributed by atoms with van der Waals surface area (Å²) in [7, 11) is 0. The summed E-state index contributed by atoms with van der Waals surface area (Å²) in [4.78, 5) is 33.6. The van der Waals surface area contributed by atoms with Gasteiger partial charge in [-0.25, -0.2) is 4.98 Å². The fraction of sp³-hybridized carbons (Fsp3) is 0.318. The minimum absolute atomic E-state index is 0.0783. The largest absolute Gasteiger partial charge is 0.342 e. The van der Waals surface area contributed by atoms with Crippen LogP contribution in [-0.2, 0) is 11.3 Å². The lowest BCUT2D eigenvalue weighted by Gasteiger charge is -2.20. The first-order valence-corrected chi connectivity index (χ1v) is 11.4. The highest BCUT2D eigenvalue weighted by atomic mass is 32.2. The molecule has 1 amide bonds. The number of benzene rings is 1. The van der Waals surface area contributed by atoms with Gasteiger partial charge in [-0.1, -0.05) is 48.2 Å². The molecule has 0 saturated carbocycles. The Morgan fingerprint density at radius 3 is 2.72 bits per heavy atom. The van der Waals surface area contributed by atoms with Crippen molar-refractivity contribution in [2.24, 2.45) is 0 Å². The minimum atomic E-state index is -0.291. The third-order valence-corrected chi connectivity index (χ3v) is 7.26. The van der Waals surface area contributed by atoms with Gasteiger partial charge < -0.3 is 4.90 Å². The standard InChI is InChI=1S/C22H23N3O2S2/c1-3-11-25-21(27)19-17(14-18(29-19)16-9-5-4-6-10-16)23-22(25)28-15(2)20(26)24-12-7-8-13-24/h3-6,9-10,14-15H,1,7-8,11-13H2,2H3. The zero-order valence-corrected chi connectivity index (χ0v) is 18.0. The maximum atomic E-state index is 13.2. The van der Waals surface area contributed by atoms with Gasteiger partial charge in [-0.15, -0.1) is 17.9 Å². The van der Waals surface area contributed by atoms with E-state index in [1.807, 2.05) is 48.2 Å². The molecular weight excluding hydrogens is 402 g/mol. The summed E-state index contributed by atoms with van der Waals surface area (Å²) in [6.45, 7) is 7.68. The number of thioether (sulfide) groups is 1. The number of hydrogen-bond acceptors (Lipinski definition) is 5. The van der Waals surface area contributed by atoms with Crippen LogP contribution in [0.15, 0.2) is 59.0 Å². The van der Waals surface area contributed by atoms with Crippen LogP contribution in [0.4, 0.5) is 0 Å². The number of fused-ring (bicyclic) bond motifs is 1. The summed E-state index contributed by atoms with van der Waals surface area (Å²) in [6.07, 6.45) is 3.81. The predicted molar refractivity (Wildman–Crippen MR) is 121 cm³/mol. The van der Waals surface area contributed by atoms with E-state index in [-0.39, 0.29) is 16.7 Å². The first-order valence-electron chi connectivity index (χ1n) is 9.74. The molecule has 0 radical (unpaired) electrons. The Balaban J connectivity index is 1.72. The average molecular weight is 426 g/mol. The summed E-state index contributed by atoms with van der Waals surface area (Å²) >= 11 is 2.81. The Morgan fingerprint density at radius 1 is 1.31 bits per heavy atom. The lowest BCUT2D eigenvalue weighted by atomic mass is 10.2. The second-order valence-electron chi connectivity index (χ2n) is 7.08. The number of carbonyl (C=O) groups excluding carboxylic acids is 1. The van der Waals surface area contributed by atoms with E-state index in [0.717, 1.165) is 36.4 Å². The van der Waals surface area contributed by atoms with E-state index in [9.17, 15) is 9.59 Å². The Kier molecular flexibility index (Phi) is 5.87. The molecule has 7 heteroatoms. The second kappa shape index (κ2) is 8.55. The van der Waals surface area contributed by atoms with Crippen LogP contribution in [-0.4, -0.2) is 38.7 Å². The number of allylic oxidation sites excluding steroid dienone is 1. The molecule has 2 aromatic heterocycles. The Morgan fingerprint density at radius 2 is 2.03 bits per heavy atom. The van der Waals surface area contributed by atoms with E-state index in [2.05, 4.69) is 6.58 Å². The van der Waals surface area contributed by atoms with Crippen molar-refractivity contribution in [3.8, 4) is 10.4 Å². The van der Waals surface area contributed by atoms with Crippen LogP contribution in [0.2, 0.25) is 0 Å². The number of likely N-dealkylation sites (tertiary alicyclic amines) is 1. The molecule has 1 fully saturated rings. The zero-order valence-electron chi connectivity index (χ0n) is 16.3. The van der Waals surface area contributed by atoms with E-state index >= 15 is 0 Å². The highest BCUT2D eigenvalue weighted by Gasteiger charge is 2.26. The molecule has 3 heterocycles. The first-order chi connectivity index (χ1) is 14.1. The molecule has 1 atom stereocenters. The Labute approximate surface area is 178 Å². The minimum Gasteiger partial charge on any atom is -0.342 e. The summed E-state index contributed by atoms with van der Waals surface area (Å²) in [5.41, 5.74) is 1.67. The van der Waals surface area contributed by atoms with Gasteiger partial charge in [0, 0.05) is 24.5 Å². The zero-order chi connectivity index (χ0) is 20.4. The van der Waals surface area contributed by atoms with Crippen molar-refractivity contribution in [2.45, 2.75) is 36.7 Å². The molecule has 3 aromatic rings. The van der Waals surface area contributed by atoms with Crippen LogP contribution in [0.3, 0.4) is 0 Å². The number of rotatable bonds is 6. The van der Waals surface area contributed by atoms with Crippen LogP contribution < -0.4 is 5.56 Å². The smallest absolute Gasteiger partial charge is 0.272 e. The molecule has 4 rings (SSSR count). The molecule has 5 nitrogen and oxygen atoms in total. The highest BCUT2D eigenvalue weighted by Crippen LogP contribution is 2.33. The molecule has 1 aliphatic heterocycles. The lowest BCUT2D eigenvalue weighted by Crippen LogP contribution is -2.34. The first kappa shape index (κ1) is 19.9. The number of aromatic nitrogens is 2. The third kappa shape index (κ3) is 4.02. The molecule has 0 bridgehead atoms. The molecule has 0 spiro atoms. The molecule has 0 N–H and O–H groups in total. The molecule has 29 heavy (non-hydrogen) atoms. The summed E-state index contributed by atoms with van der Waals surface area (Å²) < 4.78 is 2.26. The van der Waals surface area contributed by atoms with Crippen molar-refractivity contribution in [1.29, 1.82) is 0 Å². The van der Waals surface area contributed by atoms with Crippen LogP contribution >= 0.6 is 23.1 Å². The summed E-state index contributed by atoms with van der Waals surface area (Å²) in [6, 6.07) is 12.0. The van der Waals surface area contributed by atoms with E-state index in [0.29, 0.717) is 21.9 Å². The number of carbonyl (C=O) groups is 1. The van der Waals surface area contributed by atoms with Crippen molar-refractivity contribution in [3.63, 3.8) is 0 Å². The van der Waals surface area contributed by atoms with Crippen LogP contribution in [0, 0.1) is 0 Å².